The molecule has 0 saturated heterocycles. The first-order valence-electron chi connectivity index (χ1n) is 7.30. The van der Waals surface area contributed by atoms with Gasteiger partial charge in [0.15, 0.2) is 0 Å². The van der Waals surface area contributed by atoms with Crippen LogP contribution >= 0.6 is 23.4 Å². The van der Waals surface area contributed by atoms with Crippen LogP contribution in [0.25, 0.3) is 10.8 Å². The number of carbonyl (C=O) groups excluding carboxylic acids is 1. The number of carbonyl (C=O) groups is 1. The Morgan fingerprint density at radius 2 is 1.74 bits per heavy atom. The average molecular weight is 342 g/mol. The Hall–Kier alpha value is -1.97. The largest absolute Gasteiger partial charge is 0.325 e. The minimum atomic E-state index is -0.0251. The summed E-state index contributed by atoms with van der Waals surface area (Å²) in [6, 6.07) is 19.6. The molecule has 3 rings (SSSR count). The highest BCUT2D eigenvalue weighted by atomic mass is 35.5. The van der Waals surface area contributed by atoms with Crippen molar-refractivity contribution < 1.29 is 4.79 Å². The minimum Gasteiger partial charge on any atom is -0.325 e. The van der Waals surface area contributed by atoms with Crippen LogP contribution in [0.5, 0.6) is 0 Å². The second-order valence-corrected chi connectivity index (χ2v) is 6.72. The lowest BCUT2D eigenvalue weighted by molar-refractivity contribution is -0.113. The molecule has 4 heteroatoms. The Kier molecular flexibility index (Phi) is 4.89. The second-order valence-electron chi connectivity index (χ2n) is 5.30. The first-order valence-corrected chi connectivity index (χ1v) is 8.66. The van der Waals surface area contributed by atoms with Crippen LogP contribution in [-0.2, 0) is 4.79 Å². The van der Waals surface area contributed by atoms with E-state index in [4.69, 9.17) is 11.6 Å². The normalized spacial score (nSPS) is 10.7. The molecule has 0 atom stereocenters. The number of amides is 1. The van der Waals surface area contributed by atoms with E-state index in [1.54, 1.807) is 0 Å². The van der Waals surface area contributed by atoms with Crippen LogP contribution in [0.1, 0.15) is 5.56 Å². The Balaban J connectivity index is 1.71. The molecule has 0 radical (unpaired) electrons. The molecule has 0 unspecified atom stereocenters. The van der Waals surface area contributed by atoms with Gasteiger partial charge in [-0.2, -0.15) is 0 Å². The monoisotopic (exact) mass is 341 g/mol. The highest BCUT2D eigenvalue weighted by Crippen LogP contribution is 2.33. The van der Waals surface area contributed by atoms with E-state index in [0.29, 0.717) is 10.8 Å². The van der Waals surface area contributed by atoms with E-state index < -0.39 is 0 Å². The highest BCUT2D eigenvalue weighted by Gasteiger charge is 2.08. The molecule has 0 aliphatic heterocycles. The molecule has 0 aromatic heterocycles. The van der Waals surface area contributed by atoms with Crippen LogP contribution in [-0.4, -0.2) is 11.7 Å². The lowest BCUT2D eigenvalue weighted by atomic mass is 10.1. The van der Waals surface area contributed by atoms with Gasteiger partial charge in [0.2, 0.25) is 5.91 Å². The zero-order valence-corrected chi connectivity index (χ0v) is 14.2. The standard InChI is InChI=1S/C19H16ClNOS/c1-13-8-10-15(11-9-13)21-18(22)12-23-17-7-3-5-14-4-2-6-16(20)19(14)17/h2-11H,12H2,1H3,(H,21,22). The number of benzene rings is 3. The minimum absolute atomic E-state index is 0.0251. The van der Waals surface area contributed by atoms with Crippen LogP contribution in [0, 0.1) is 6.92 Å². The molecule has 23 heavy (non-hydrogen) atoms. The van der Waals surface area contributed by atoms with Crippen molar-refractivity contribution in [2.24, 2.45) is 0 Å². The maximum absolute atomic E-state index is 12.1. The number of rotatable bonds is 4. The molecular weight excluding hydrogens is 326 g/mol. The lowest BCUT2D eigenvalue weighted by Crippen LogP contribution is -2.13. The number of nitrogens with one attached hydrogen (secondary N) is 1. The van der Waals surface area contributed by atoms with Gasteiger partial charge in [-0.25, -0.2) is 0 Å². The van der Waals surface area contributed by atoms with Crippen molar-refractivity contribution in [2.45, 2.75) is 11.8 Å². The summed E-state index contributed by atoms with van der Waals surface area (Å²) in [7, 11) is 0. The third kappa shape index (κ3) is 3.87. The smallest absolute Gasteiger partial charge is 0.234 e. The van der Waals surface area contributed by atoms with E-state index in [0.717, 1.165) is 21.4 Å². The molecule has 0 saturated carbocycles. The summed E-state index contributed by atoms with van der Waals surface area (Å²) < 4.78 is 0. The Morgan fingerprint density at radius 3 is 2.48 bits per heavy atom. The van der Waals surface area contributed by atoms with Crippen LogP contribution in [0.2, 0.25) is 5.02 Å². The van der Waals surface area contributed by atoms with Crippen LogP contribution in [0.3, 0.4) is 0 Å². The molecule has 3 aromatic rings. The SMILES string of the molecule is Cc1ccc(NC(=O)CSc2cccc3cccc(Cl)c23)cc1. The summed E-state index contributed by atoms with van der Waals surface area (Å²) in [5, 5.41) is 5.71. The van der Waals surface area contributed by atoms with Gasteiger partial charge in [0.25, 0.3) is 0 Å². The van der Waals surface area contributed by atoms with Gasteiger partial charge in [0, 0.05) is 21.0 Å². The molecule has 0 spiro atoms. The number of hydrogen-bond donors (Lipinski definition) is 1. The van der Waals surface area contributed by atoms with E-state index in [1.807, 2.05) is 67.6 Å². The fourth-order valence-corrected chi connectivity index (χ4v) is 3.61. The third-order valence-corrected chi connectivity index (χ3v) is 4.88. The quantitative estimate of drug-likeness (QED) is 0.632. The molecule has 3 aromatic carbocycles. The fourth-order valence-electron chi connectivity index (χ4n) is 2.36. The van der Waals surface area contributed by atoms with Crippen LogP contribution in [0.4, 0.5) is 5.69 Å². The molecule has 116 valence electrons. The number of halogens is 1. The van der Waals surface area contributed by atoms with E-state index in [1.165, 1.54) is 17.3 Å². The maximum atomic E-state index is 12.1. The van der Waals surface area contributed by atoms with Gasteiger partial charge >= 0.3 is 0 Å². The van der Waals surface area contributed by atoms with Crippen molar-refractivity contribution in [3.05, 3.63) is 71.2 Å². The summed E-state index contributed by atoms with van der Waals surface area (Å²) in [5.74, 6) is 0.320. The van der Waals surface area contributed by atoms with E-state index >= 15 is 0 Å². The molecule has 0 aliphatic rings. The predicted octanol–water partition coefficient (Wildman–Crippen LogP) is 5.53. The first-order chi connectivity index (χ1) is 11.1. The van der Waals surface area contributed by atoms with Crippen molar-refractivity contribution in [3.8, 4) is 0 Å². The van der Waals surface area contributed by atoms with Gasteiger partial charge in [-0.05, 0) is 36.6 Å². The molecule has 2 nitrogen and oxygen atoms in total. The summed E-state index contributed by atoms with van der Waals surface area (Å²) in [5.41, 5.74) is 1.99. The first kappa shape index (κ1) is 15.9. The van der Waals surface area contributed by atoms with E-state index in [9.17, 15) is 4.79 Å². The van der Waals surface area contributed by atoms with Crippen molar-refractivity contribution >= 4 is 45.7 Å². The van der Waals surface area contributed by atoms with Gasteiger partial charge in [0.1, 0.15) is 0 Å². The summed E-state index contributed by atoms with van der Waals surface area (Å²) >= 11 is 7.81. The number of hydrogen-bond acceptors (Lipinski definition) is 2. The van der Waals surface area contributed by atoms with E-state index in [-0.39, 0.29) is 5.91 Å². The average Bonchev–Trinajstić information content (AvgIpc) is 2.55. The second kappa shape index (κ2) is 7.07. The van der Waals surface area contributed by atoms with Crippen molar-refractivity contribution in [2.75, 3.05) is 11.1 Å². The number of fused-ring (bicyclic) bond motifs is 1. The molecule has 0 heterocycles. The van der Waals surface area contributed by atoms with Crippen LogP contribution in [0.15, 0.2) is 65.6 Å². The topological polar surface area (TPSA) is 29.1 Å². The van der Waals surface area contributed by atoms with Gasteiger partial charge in [-0.3, -0.25) is 4.79 Å². The fraction of sp³-hybridized carbons (Fsp3) is 0.105. The van der Waals surface area contributed by atoms with Gasteiger partial charge < -0.3 is 5.32 Å². The maximum Gasteiger partial charge on any atom is 0.234 e. The van der Waals surface area contributed by atoms with Crippen molar-refractivity contribution in [1.82, 2.24) is 0 Å². The number of anilines is 1. The van der Waals surface area contributed by atoms with Crippen molar-refractivity contribution in [1.29, 1.82) is 0 Å². The lowest BCUT2D eigenvalue weighted by Gasteiger charge is -2.09. The highest BCUT2D eigenvalue weighted by molar-refractivity contribution is 8.00. The van der Waals surface area contributed by atoms with Gasteiger partial charge in [0.05, 0.1) is 5.75 Å². The third-order valence-electron chi connectivity index (χ3n) is 3.51. The van der Waals surface area contributed by atoms with Gasteiger partial charge in [-0.15, -0.1) is 11.8 Å². The number of thioether (sulfide) groups is 1. The zero-order valence-electron chi connectivity index (χ0n) is 12.7. The molecule has 0 aliphatic carbocycles. The zero-order chi connectivity index (χ0) is 16.2. The summed E-state index contributed by atoms with van der Waals surface area (Å²) in [4.78, 5) is 13.1. The Labute approximate surface area is 144 Å². The molecule has 1 N–H and O–H groups in total. The Bertz CT molecular complexity index is 840. The molecular formula is C19H16ClNOS. The van der Waals surface area contributed by atoms with Crippen LogP contribution < -0.4 is 5.32 Å². The van der Waals surface area contributed by atoms with Gasteiger partial charge in [-0.1, -0.05) is 53.6 Å². The summed E-state index contributed by atoms with van der Waals surface area (Å²) in [6.45, 7) is 2.02. The molecule has 0 bridgehead atoms. The predicted molar refractivity (Wildman–Crippen MR) is 99.5 cm³/mol. The number of aryl methyl sites for hydroxylation is 1. The van der Waals surface area contributed by atoms with Crippen molar-refractivity contribution in [3.63, 3.8) is 0 Å². The van der Waals surface area contributed by atoms with E-state index in [2.05, 4.69) is 5.32 Å². The molecule has 1 amide bonds. The summed E-state index contributed by atoms with van der Waals surface area (Å²) in [6.07, 6.45) is 0. The Morgan fingerprint density at radius 1 is 1.04 bits per heavy atom. The molecule has 0 fully saturated rings.